The zero-order valence-corrected chi connectivity index (χ0v) is 11.3. The molecule has 1 aromatic rings. The molecule has 1 aliphatic carbocycles. The van der Waals surface area contributed by atoms with Crippen molar-refractivity contribution in [2.45, 2.75) is 26.7 Å². The molecule has 1 N–H and O–H groups in total. The quantitative estimate of drug-likeness (QED) is 0.902. The molecule has 2 rings (SSSR count). The van der Waals surface area contributed by atoms with Gasteiger partial charge in [0.15, 0.2) is 0 Å². The molecule has 2 atom stereocenters. The van der Waals surface area contributed by atoms with Crippen LogP contribution >= 0.6 is 27.3 Å². The summed E-state index contributed by atoms with van der Waals surface area (Å²) in [5.41, 5.74) is 1.09. The Kier molecular flexibility index (Phi) is 2.47. The maximum atomic E-state index is 11.1. The molecule has 1 heterocycles. The molecule has 0 amide bonds. The lowest BCUT2D eigenvalue weighted by Crippen LogP contribution is -2.03. The van der Waals surface area contributed by atoms with E-state index in [1.807, 2.05) is 20.8 Å². The largest absolute Gasteiger partial charge is 0.481 e. The fourth-order valence-electron chi connectivity index (χ4n) is 2.25. The minimum atomic E-state index is -0.678. The molecule has 0 saturated heterocycles. The maximum Gasteiger partial charge on any atom is 0.307 e. The van der Waals surface area contributed by atoms with Crippen LogP contribution in [0.2, 0.25) is 0 Å². The smallest absolute Gasteiger partial charge is 0.307 e. The molecule has 1 saturated carbocycles. The van der Waals surface area contributed by atoms with Gasteiger partial charge in [-0.15, -0.1) is 11.3 Å². The summed E-state index contributed by atoms with van der Waals surface area (Å²) in [4.78, 5) is 12.3. The standard InChI is InChI=1S/C11H13BrO2S/c1-5-4-15-9(8(5)12)6-7(10(13)14)11(6,2)3/h4,6-7H,1-3H3,(H,13,14). The topological polar surface area (TPSA) is 37.3 Å². The number of hydrogen-bond donors (Lipinski definition) is 1. The summed E-state index contributed by atoms with van der Waals surface area (Å²) in [6, 6.07) is 0. The highest BCUT2D eigenvalue weighted by atomic mass is 79.9. The summed E-state index contributed by atoms with van der Waals surface area (Å²) < 4.78 is 1.09. The van der Waals surface area contributed by atoms with E-state index in [2.05, 4.69) is 21.3 Å². The van der Waals surface area contributed by atoms with Crippen molar-refractivity contribution in [3.05, 3.63) is 20.3 Å². The fraction of sp³-hybridized carbons (Fsp3) is 0.545. The number of carbonyl (C=O) groups is 1. The van der Waals surface area contributed by atoms with E-state index in [1.165, 1.54) is 10.4 Å². The van der Waals surface area contributed by atoms with Crippen LogP contribution in [-0.4, -0.2) is 11.1 Å². The average Bonchev–Trinajstić information content (AvgIpc) is 2.54. The number of carboxylic acid groups (broad SMARTS) is 1. The molecule has 1 aliphatic rings. The molecule has 82 valence electrons. The first-order chi connectivity index (χ1) is 6.87. The Labute approximate surface area is 101 Å². The Hall–Kier alpha value is -0.350. The lowest BCUT2D eigenvalue weighted by Gasteiger charge is -2.00. The van der Waals surface area contributed by atoms with Gasteiger partial charge in [0.1, 0.15) is 0 Å². The van der Waals surface area contributed by atoms with Crippen LogP contribution < -0.4 is 0 Å². The molecule has 0 radical (unpaired) electrons. The van der Waals surface area contributed by atoms with Gasteiger partial charge in [0.05, 0.1) is 5.92 Å². The Balaban J connectivity index is 2.35. The van der Waals surface area contributed by atoms with Crippen molar-refractivity contribution in [1.29, 1.82) is 0 Å². The highest BCUT2D eigenvalue weighted by Gasteiger charge is 2.63. The van der Waals surface area contributed by atoms with Gasteiger partial charge >= 0.3 is 5.97 Å². The normalized spacial score (nSPS) is 27.7. The van der Waals surface area contributed by atoms with Gasteiger partial charge in [-0.05, 0) is 39.2 Å². The molecule has 1 fully saturated rings. The van der Waals surface area contributed by atoms with Gasteiger partial charge in [-0.2, -0.15) is 0 Å². The first kappa shape index (κ1) is 11.1. The van der Waals surface area contributed by atoms with Crippen LogP contribution in [0.1, 0.15) is 30.2 Å². The van der Waals surface area contributed by atoms with Crippen LogP contribution in [0.3, 0.4) is 0 Å². The van der Waals surface area contributed by atoms with Gasteiger partial charge < -0.3 is 5.11 Å². The predicted octanol–water partition coefficient (Wildman–Crippen LogP) is 3.64. The number of aryl methyl sites for hydroxylation is 1. The number of thiophene rings is 1. The lowest BCUT2D eigenvalue weighted by atomic mass is 10.1. The van der Waals surface area contributed by atoms with Gasteiger partial charge in [-0.1, -0.05) is 13.8 Å². The number of hydrogen-bond acceptors (Lipinski definition) is 2. The van der Waals surface area contributed by atoms with Crippen molar-refractivity contribution in [1.82, 2.24) is 0 Å². The van der Waals surface area contributed by atoms with Crippen LogP contribution in [0.4, 0.5) is 0 Å². The third-order valence-corrected chi connectivity index (χ3v) is 5.80. The van der Waals surface area contributed by atoms with E-state index < -0.39 is 5.97 Å². The summed E-state index contributed by atoms with van der Waals surface area (Å²) in [5.74, 6) is -0.738. The Morgan fingerprint density at radius 1 is 1.60 bits per heavy atom. The number of aliphatic carboxylic acids is 1. The highest BCUT2D eigenvalue weighted by Crippen LogP contribution is 2.66. The SMILES string of the molecule is Cc1csc(C2C(C(=O)O)C2(C)C)c1Br. The average molecular weight is 289 g/mol. The van der Waals surface area contributed by atoms with Crippen molar-refractivity contribution in [3.8, 4) is 0 Å². The van der Waals surface area contributed by atoms with Gasteiger partial charge in [0, 0.05) is 15.3 Å². The van der Waals surface area contributed by atoms with Crippen molar-refractivity contribution >= 4 is 33.2 Å². The molecule has 2 nitrogen and oxygen atoms in total. The van der Waals surface area contributed by atoms with E-state index in [1.54, 1.807) is 11.3 Å². The second kappa shape index (κ2) is 3.32. The summed E-state index contributed by atoms with van der Waals surface area (Å²) in [7, 11) is 0. The fourth-order valence-corrected chi connectivity index (χ4v) is 4.31. The van der Waals surface area contributed by atoms with E-state index in [0.29, 0.717) is 0 Å². The van der Waals surface area contributed by atoms with Gasteiger partial charge in [-0.3, -0.25) is 4.79 Å². The zero-order valence-electron chi connectivity index (χ0n) is 8.87. The summed E-state index contributed by atoms with van der Waals surface area (Å²) >= 11 is 5.20. The summed E-state index contributed by atoms with van der Waals surface area (Å²) in [6.07, 6.45) is 0. The van der Waals surface area contributed by atoms with Gasteiger partial charge in [-0.25, -0.2) is 0 Å². The van der Waals surface area contributed by atoms with Gasteiger partial charge in [0.2, 0.25) is 0 Å². The Morgan fingerprint density at radius 2 is 2.20 bits per heavy atom. The van der Waals surface area contributed by atoms with Crippen LogP contribution in [0.15, 0.2) is 9.85 Å². The van der Waals surface area contributed by atoms with E-state index in [-0.39, 0.29) is 17.3 Å². The van der Waals surface area contributed by atoms with Crippen molar-refractivity contribution < 1.29 is 9.90 Å². The number of carboxylic acids is 1. The van der Waals surface area contributed by atoms with Crippen LogP contribution in [0, 0.1) is 18.3 Å². The minimum absolute atomic E-state index is 0.106. The zero-order chi connectivity index (χ0) is 11.4. The monoisotopic (exact) mass is 288 g/mol. The Morgan fingerprint density at radius 3 is 2.53 bits per heavy atom. The summed E-state index contributed by atoms with van der Waals surface area (Å²) in [6.45, 7) is 6.09. The number of halogens is 1. The van der Waals surface area contributed by atoms with E-state index in [0.717, 1.165) is 4.47 Å². The molecule has 15 heavy (non-hydrogen) atoms. The first-order valence-corrected chi connectivity index (χ1v) is 6.51. The Bertz CT molecular complexity index is 422. The van der Waals surface area contributed by atoms with Crippen molar-refractivity contribution in [2.24, 2.45) is 11.3 Å². The van der Waals surface area contributed by atoms with E-state index in [4.69, 9.17) is 5.11 Å². The van der Waals surface area contributed by atoms with Crippen LogP contribution in [-0.2, 0) is 4.79 Å². The molecule has 0 spiro atoms. The third kappa shape index (κ3) is 1.54. The lowest BCUT2D eigenvalue weighted by molar-refractivity contribution is -0.139. The van der Waals surface area contributed by atoms with E-state index in [9.17, 15) is 4.79 Å². The second-order valence-electron chi connectivity index (χ2n) is 4.71. The van der Waals surface area contributed by atoms with Crippen molar-refractivity contribution in [3.63, 3.8) is 0 Å². The predicted molar refractivity (Wildman–Crippen MR) is 64.4 cm³/mol. The van der Waals surface area contributed by atoms with E-state index >= 15 is 0 Å². The summed E-state index contributed by atoms with van der Waals surface area (Å²) in [5, 5.41) is 11.2. The molecular weight excluding hydrogens is 276 g/mol. The maximum absolute atomic E-state index is 11.1. The highest BCUT2D eigenvalue weighted by molar-refractivity contribution is 9.10. The molecule has 2 unspecified atom stereocenters. The van der Waals surface area contributed by atoms with Gasteiger partial charge in [0.25, 0.3) is 0 Å². The molecule has 0 aromatic carbocycles. The van der Waals surface area contributed by atoms with Crippen LogP contribution in [0.25, 0.3) is 0 Å². The minimum Gasteiger partial charge on any atom is -0.481 e. The first-order valence-electron chi connectivity index (χ1n) is 4.83. The molecule has 0 aliphatic heterocycles. The van der Waals surface area contributed by atoms with Crippen LogP contribution in [0.5, 0.6) is 0 Å². The van der Waals surface area contributed by atoms with Crippen molar-refractivity contribution in [2.75, 3.05) is 0 Å². The number of rotatable bonds is 2. The third-order valence-electron chi connectivity index (χ3n) is 3.30. The molecule has 4 heteroatoms. The molecule has 0 bridgehead atoms. The second-order valence-corrected chi connectivity index (χ2v) is 6.42. The molecule has 1 aromatic heterocycles. The molecular formula is C11H13BrO2S.